The Morgan fingerprint density at radius 2 is 1.82 bits per heavy atom. The number of carbonyl (C=O) groups excluding carboxylic acids is 2. The minimum atomic E-state index is -0.517. The Hall–Kier alpha value is -2.12. The Morgan fingerprint density at radius 3 is 2.57 bits per heavy atom. The average molecular weight is 386 g/mol. The summed E-state index contributed by atoms with van der Waals surface area (Å²) in [5.41, 5.74) is 8.52. The van der Waals surface area contributed by atoms with Crippen molar-refractivity contribution in [3.63, 3.8) is 0 Å². The second-order valence-electron chi connectivity index (χ2n) is 9.03. The van der Waals surface area contributed by atoms with Crippen molar-refractivity contribution in [2.24, 2.45) is 5.92 Å². The van der Waals surface area contributed by atoms with E-state index >= 15 is 0 Å². The minimum Gasteiger partial charge on any atom is -0.444 e. The second kappa shape index (κ2) is 7.37. The smallest absolute Gasteiger partial charge is 0.410 e. The molecule has 3 aliphatic rings. The van der Waals surface area contributed by atoms with Crippen molar-refractivity contribution < 1.29 is 14.3 Å². The molecule has 1 aromatic carbocycles. The number of hydrogen-bond acceptors (Lipinski definition) is 5. The Balaban J connectivity index is 1.43. The number of hydrogen-bond donors (Lipinski definition) is 2. The zero-order chi connectivity index (χ0) is 19.9. The summed E-state index contributed by atoms with van der Waals surface area (Å²) >= 11 is 0. The van der Waals surface area contributed by atoms with Gasteiger partial charge in [-0.3, -0.25) is 10.2 Å². The first-order valence-corrected chi connectivity index (χ1v) is 10.2. The van der Waals surface area contributed by atoms with E-state index in [0.29, 0.717) is 19.6 Å². The molecule has 28 heavy (non-hydrogen) atoms. The number of fused-ring (bicyclic) bond motifs is 2. The van der Waals surface area contributed by atoms with Crippen LogP contribution in [0.4, 0.5) is 4.79 Å². The van der Waals surface area contributed by atoms with E-state index in [1.165, 1.54) is 11.1 Å². The first-order chi connectivity index (χ1) is 13.3. The van der Waals surface area contributed by atoms with Crippen molar-refractivity contribution in [3.05, 3.63) is 35.4 Å². The van der Waals surface area contributed by atoms with E-state index < -0.39 is 5.60 Å². The van der Waals surface area contributed by atoms with Crippen molar-refractivity contribution in [3.8, 4) is 0 Å². The molecule has 2 saturated heterocycles. The van der Waals surface area contributed by atoms with E-state index in [1.807, 2.05) is 31.7 Å². The number of piperidine rings is 1. The molecule has 3 aliphatic heterocycles. The molecule has 0 aromatic heterocycles. The molecule has 3 atom stereocenters. The molecular weight excluding hydrogens is 356 g/mol. The first-order valence-electron chi connectivity index (χ1n) is 10.2. The number of likely N-dealkylation sites (tertiary alicyclic amines) is 1. The summed E-state index contributed by atoms with van der Waals surface area (Å²) in [6.07, 6.45) is 1.40. The summed E-state index contributed by atoms with van der Waals surface area (Å²) in [7, 11) is 0. The fourth-order valence-electron chi connectivity index (χ4n) is 4.42. The lowest BCUT2D eigenvalue weighted by Gasteiger charge is -2.38. The van der Waals surface area contributed by atoms with Crippen LogP contribution in [0.15, 0.2) is 24.3 Å². The zero-order valence-electron chi connectivity index (χ0n) is 16.9. The number of rotatable bonds is 1. The van der Waals surface area contributed by atoms with Crippen LogP contribution in [-0.4, -0.2) is 59.1 Å². The summed E-state index contributed by atoms with van der Waals surface area (Å²) < 4.78 is 5.53. The maximum atomic E-state index is 13.3. The van der Waals surface area contributed by atoms with Crippen LogP contribution in [-0.2, 0) is 22.5 Å². The van der Waals surface area contributed by atoms with Gasteiger partial charge in [-0.25, -0.2) is 10.2 Å². The maximum Gasteiger partial charge on any atom is 0.410 e. The van der Waals surface area contributed by atoms with Crippen molar-refractivity contribution in [1.82, 2.24) is 20.7 Å². The van der Waals surface area contributed by atoms with Gasteiger partial charge in [0.1, 0.15) is 11.6 Å². The third-order valence-electron chi connectivity index (χ3n) is 5.87. The molecule has 2 fully saturated rings. The maximum absolute atomic E-state index is 13.3. The molecule has 0 aliphatic carbocycles. The van der Waals surface area contributed by atoms with Gasteiger partial charge in [0.2, 0.25) is 5.91 Å². The Bertz CT molecular complexity index is 760. The highest BCUT2D eigenvalue weighted by molar-refractivity contribution is 5.83. The minimum absolute atomic E-state index is 0.0472. The van der Waals surface area contributed by atoms with Crippen LogP contribution in [0.5, 0.6) is 0 Å². The highest BCUT2D eigenvalue weighted by Crippen LogP contribution is 2.28. The van der Waals surface area contributed by atoms with E-state index in [4.69, 9.17) is 4.74 Å². The van der Waals surface area contributed by atoms with Crippen molar-refractivity contribution in [2.75, 3.05) is 19.6 Å². The third kappa shape index (κ3) is 3.86. The molecule has 0 radical (unpaired) electrons. The monoisotopic (exact) mass is 386 g/mol. The molecule has 2 amide bonds. The number of benzene rings is 1. The molecule has 3 unspecified atom stereocenters. The fraction of sp³-hybridized carbons (Fsp3) is 0.619. The van der Waals surface area contributed by atoms with Crippen molar-refractivity contribution in [1.29, 1.82) is 0 Å². The van der Waals surface area contributed by atoms with E-state index in [0.717, 1.165) is 19.4 Å². The van der Waals surface area contributed by atoms with Crippen LogP contribution in [0.25, 0.3) is 0 Å². The molecule has 7 heteroatoms. The van der Waals surface area contributed by atoms with E-state index in [9.17, 15) is 9.59 Å². The Labute approximate surface area is 166 Å². The third-order valence-corrected chi connectivity index (χ3v) is 5.87. The summed E-state index contributed by atoms with van der Waals surface area (Å²) in [6, 6.07) is 8.20. The molecule has 0 saturated carbocycles. The topological polar surface area (TPSA) is 73.9 Å². The highest BCUT2D eigenvalue weighted by atomic mass is 16.6. The van der Waals surface area contributed by atoms with E-state index in [1.54, 1.807) is 4.90 Å². The van der Waals surface area contributed by atoms with Crippen LogP contribution in [0.3, 0.4) is 0 Å². The molecule has 4 rings (SSSR count). The van der Waals surface area contributed by atoms with Gasteiger partial charge in [-0.2, -0.15) is 0 Å². The number of nitrogens with one attached hydrogen (secondary N) is 2. The molecule has 152 valence electrons. The number of hydrazine groups is 1. The summed E-state index contributed by atoms with van der Waals surface area (Å²) in [4.78, 5) is 29.4. The van der Waals surface area contributed by atoms with Gasteiger partial charge in [0.15, 0.2) is 0 Å². The second-order valence-corrected chi connectivity index (χ2v) is 9.03. The molecule has 1 aromatic rings. The van der Waals surface area contributed by atoms with E-state index in [2.05, 4.69) is 29.1 Å². The lowest BCUT2D eigenvalue weighted by molar-refractivity contribution is -0.135. The average Bonchev–Trinajstić information content (AvgIpc) is 3.09. The van der Waals surface area contributed by atoms with Gasteiger partial charge < -0.3 is 14.5 Å². The van der Waals surface area contributed by atoms with Gasteiger partial charge in [-0.05, 0) is 44.7 Å². The molecule has 3 heterocycles. The van der Waals surface area contributed by atoms with Crippen LogP contribution in [0, 0.1) is 5.92 Å². The van der Waals surface area contributed by atoms with Crippen LogP contribution in [0.2, 0.25) is 0 Å². The quantitative estimate of drug-likeness (QED) is 0.768. The van der Waals surface area contributed by atoms with E-state index in [-0.39, 0.29) is 30.0 Å². The lowest BCUT2D eigenvalue weighted by Crippen LogP contribution is -2.53. The lowest BCUT2D eigenvalue weighted by atomic mass is 9.87. The van der Waals surface area contributed by atoms with Gasteiger partial charge in [-0.15, -0.1) is 0 Å². The molecule has 7 nitrogen and oxygen atoms in total. The van der Waals surface area contributed by atoms with Crippen molar-refractivity contribution >= 4 is 12.0 Å². The Morgan fingerprint density at radius 1 is 1.07 bits per heavy atom. The zero-order valence-corrected chi connectivity index (χ0v) is 16.9. The summed E-state index contributed by atoms with van der Waals surface area (Å²) in [5.74, 6) is 0.159. The van der Waals surface area contributed by atoms with Gasteiger partial charge in [0.05, 0.1) is 0 Å². The molecule has 2 N–H and O–H groups in total. The standard InChI is InChI=1S/C21H30N4O3/c1-21(2,3)28-20(27)25-11-9-17-16(13-25)18(23-22-17)19(26)24-10-8-14-6-4-5-7-15(14)12-24/h4-7,16-18,22-23H,8-13H2,1-3H3. The fourth-order valence-corrected chi connectivity index (χ4v) is 4.42. The largest absolute Gasteiger partial charge is 0.444 e. The van der Waals surface area contributed by atoms with Gasteiger partial charge in [0, 0.05) is 38.1 Å². The number of ether oxygens (including phenoxy) is 1. The molecule has 0 spiro atoms. The highest BCUT2D eigenvalue weighted by Gasteiger charge is 2.46. The van der Waals surface area contributed by atoms with Gasteiger partial charge in [0.25, 0.3) is 0 Å². The molecular formula is C21H30N4O3. The van der Waals surface area contributed by atoms with Gasteiger partial charge >= 0.3 is 6.09 Å². The van der Waals surface area contributed by atoms with Gasteiger partial charge in [-0.1, -0.05) is 24.3 Å². The van der Waals surface area contributed by atoms with Crippen molar-refractivity contribution in [2.45, 2.75) is 57.8 Å². The first kappa shape index (κ1) is 19.2. The predicted octanol–water partition coefficient (Wildman–Crippen LogP) is 1.67. The molecule has 0 bridgehead atoms. The number of carbonyl (C=O) groups is 2. The summed E-state index contributed by atoms with van der Waals surface area (Å²) in [5, 5.41) is 0. The van der Waals surface area contributed by atoms with Crippen LogP contribution < -0.4 is 10.9 Å². The normalized spacial score (nSPS) is 27.2. The predicted molar refractivity (Wildman–Crippen MR) is 105 cm³/mol. The van der Waals surface area contributed by atoms with Crippen LogP contribution >= 0.6 is 0 Å². The van der Waals surface area contributed by atoms with Crippen LogP contribution in [0.1, 0.15) is 38.3 Å². The summed E-state index contributed by atoms with van der Waals surface area (Å²) in [6.45, 7) is 8.18. The SMILES string of the molecule is CC(C)(C)OC(=O)N1CCC2NNC(C(=O)N3CCc4ccccc4C3)C2C1. The Kier molecular flexibility index (Phi) is 5.05. The number of nitrogens with zero attached hydrogens (tertiary/aromatic N) is 2. The number of amides is 2.